The number of para-hydroxylation sites is 1. The summed E-state index contributed by atoms with van der Waals surface area (Å²) in [6, 6.07) is 26.7. The molecule has 124 valence electrons. The van der Waals surface area contributed by atoms with Gasteiger partial charge in [0.2, 0.25) is 0 Å². The third kappa shape index (κ3) is 2.47. The fourth-order valence-corrected chi connectivity index (χ4v) is 3.62. The second kappa shape index (κ2) is 6.01. The second-order valence-corrected chi connectivity index (χ2v) is 6.77. The van der Waals surface area contributed by atoms with Gasteiger partial charge in [-0.3, -0.25) is 0 Å². The van der Waals surface area contributed by atoms with Crippen LogP contribution in [-0.4, -0.2) is 9.97 Å². The maximum atomic E-state index is 6.29. The second-order valence-electron chi connectivity index (χ2n) is 6.34. The molecule has 0 unspecified atom stereocenters. The highest BCUT2D eigenvalue weighted by atomic mass is 35.5. The number of hydrogen-bond donors (Lipinski definition) is 1. The lowest BCUT2D eigenvalue weighted by molar-refractivity contribution is 1.35. The van der Waals surface area contributed by atoms with Gasteiger partial charge in [0.25, 0.3) is 0 Å². The van der Waals surface area contributed by atoms with Gasteiger partial charge in [-0.1, -0.05) is 66.2 Å². The molecule has 0 aliphatic rings. The summed E-state index contributed by atoms with van der Waals surface area (Å²) in [5.41, 5.74) is 5.20. The highest BCUT2D eigenvalue weighted by molar-refractivity contribution is 6.31. The zero-order chi connectivity index (χ0) is 17.5. The monoisotopic (exact) mass is 354 g/mol. The first-order valence-electron chi connectivity index (χ1n) is 8.52. The van der Waals surface area contributed by atoms with E-state index in [1.807, 2.05) is 42.6 Å². The average Bonchev–Trinajstić information content (AvgIpc) is 3.12. The zero-order valence-electron chi connectivity index (χ0n) is 13.9. The summed E-state index contributed by atoms with van der Waals surface area (Å²) in [4.78, 5) is 8.38. The van der Waals surface area contributed by atoms with Gasteiger partial charge in [-0.05, 0) is 29.7 Å². The number of H-pyrrole nitrogens is 1. The van der Waals surface area contributed by atoms with Crippen molar-refractivity contribution < 1.29 is 0 Å². The minimum Gasteiger partial charge on any atom is -0.360 e. The van der Waals surface area contributed by atoms with E-state index in [1.54, 1.807) is 0 Å². The highest BCUT2D eigenvalue weighted by Gasteiger charge is 2.14. The summed E-state index contributed by atoms with van der Waals surface area (Å²) in [5, 5.41) is 4.06. The van der Waals surface area contributed by atoms with Crippen LogP contribution in [0.4, 0.5) is 0 Å². The summed E-state index contributed by atoms with van der Waals surface area (Å²) in [6.45, 7) is 0. The number of nitrogens with one attached hydrogen (secondary N) is 1. The standard InChI is InChI=1S/C23H15ClN2/c24-17-11-10-16-12-22(15-6-2-1-3-7-15)26-23(19(16)13-17)20-14-25-21-9-5-4-8-18(20)21/h1-14,25H. The molecule has 0 aliphatic heterocycles. The van der Waals surface area contributed by atoms with Crippen LogP contribution in [0.5, 0.6) is 0 Å². The Morgan fingerprint density at radius 1 is 0.769 bits per heavy atom. The Balaban J connectivity index is 1.86. The molecule has 26 heavy (non-hydrogen) atoms. The van der Waals surface area contributed by atoms with E-state index < -0.39 is 0 Å². The normalized spacial score (nSPS) is 11.3. The van der Waals surface area contributed by atoms with Crippen LogP contribution >= 0.6 is 11.6 Å². The van der Waals surface area contributed by atoms with E-state index in [-0.39, 0.29) is 0 Å². The summed E-state index contributed by atoms with van der Waals surface area (Å²) in [5.74, 6) is 0. The summed E-state index contributed by atoms with van der Waals surface area (Å²) in [6.07, 6.45) is 2.03. The topological polar surface area (TPSA) is 28.7 Å². The summed E-state index contributed by atoms with van der Waals surface area (Å²) < 4.78 is 0. The molecule has 0 amide bonds. The number of halogens is 1. The van der Waals surface area contributed by atoms with Gasteiger partial charge in [-0.15, -0.1) is 0 Å². The Bertz CT molecular complexity index is 1240. The van der Waals surface area contributed by atoms with Gasteiger partial charge >= 0.3 is 0 Å². The van der Waals surface area contributed by atoms with Crippen LogP contribution in [-0.2, 0) is 0 Å². The molecule has 2 nitrogen and oxygen atoms in total. The maximum Gasteiger partial charge on any atom is 0.0809 e. The molecule has 0 spiro atoms. The Morgan fingerprint density at radius 2 is 1.58 bits per heavy atom. The molecule has 0 aliphatic carbocycles. The number of rotatable bonds is 2. The third-order valence-electron chi connectivity index (χ3n) is 4.71. The first-order valence-corrected chi connectivity index (χ1v) is 8.89. The predicted molar refractivity (Wildman–Crippen MR) is 109 cm³/mol. The Labute approximate surface area is 156 Å². The zero-order valence-corrected chi connectivity index (χ0v) is 14.7. The van der Waals surface area contributed by atoms with E-state index >= 15 is 0 Å². The van der Waals surface area contributed by atoms with Crippen molar-refractivity contribution >= 4 is 33.3 Å². The predicted octanol–water partition coefficient (Wildman–Crippen LogP) is 6.70. The number of aromatic nitrogens is 2. The number of fused-ring (bicyclic) bond motifs is 2. The van der Waals surface area contributed by atoms with Gasteiger partial charge in [0.1, 0.15) is 0 Å². The molecule has 2 aromatic heterocycles. The van der Waals surface area contributed by atoms with E-state index in [9.17, 15) is 0 Å². The molecule has 5 aromatic rings. The van der Waals surface area contributed by atoms with Crippen molar-refractivity contribution in [2.45, 2.75) is 0 Å². The van der Waals surface area contributed by atoms with Crippen LogP contribution in [0, 0.1) is 0 Å². The molecule has 1 N–H and O–H groups in total. The van der Waals surface area contributed by atoms with Crippen LogP contribution in [0.25, 0.3) is 44.2 Å². The molecule has 0 atom stereocenters. The molecule has 0 radical (unpaired) electrons. The summed E-state index contributed by atoms with van der Waals surface area (Å²) >= 11 is 6.29. The van der Waals surface area contributed by atoms with E-state index in [2.05, 4.69) is 47.4 Å². The highest BCUT2D eigenvalue weighted by Crippen LogP contribution is 2.36. The average molecular weight is 355 g/mol. The van der Waals surface area contributed by atoms with Gasteiger partial charge in [0.15, 0.2) is 0 Å². The van der Waals surface area contributed by atoms with Crippen molar-refractivity contribution in [2.24, 2.45) is 0 Å². The maximum absolute atomic E-state index is 6.29. The molecule has 3 aromatic carbocycles. The van der Waals surface area contributed by atoms with E-state index in [1.165, 1.54) is 0 Å². The van der Waals surface area contributed by atoms with Gasteiger partial charge in [-0.2, -0.15) is 0 Å². The van der Waals surface area contributed by atoms with E-state index in [0.717, 1.165) is 44.2 Å². The number of pyridine rings is 1. The fraction of sp³-hybridized carbons (Fsp3) is 0. The van der Waals surface area contributed by atoms with Gasteiger partial charge in [-0.25, -0.2) is 4.98 Å². The Morgan fingerprint density at radius 3 is 2.46 bits per heavy atom. The quantitative estimate of drug-likeness (QED) is 0.375. The van der Waals surface area contributed by atoms with Crippen molar-refractivity contribution in [3.05, 3.63) is 90.1 Å². The van der Waals surface area contributed by atoms with Crippen LogP contribution < -0.4 is 0 Å². The lowest BCUT2D eigenvalue weighted by Crippen LogP contribution is -1.90. The first-order chi connectivity index (χ1) is 12.8. The molecule has 5 rings (SSSR count). The smallest absolute Gasteiger partial charge is 0.0809 e. The fourth-order valence-electron chi connectivity index (χ4n) is 3.45. The van der Waals surface area contributed by atoms with Crippen LogP contribution in [0.1, 0.15) is 0 Å². The van der Waals surface area contributed by atoms with E-state index in [0.29, 0.717) is 5.02 Å². The SMILES string of the molecule is Clc1ccc2cc(-c3ccccc3)nc(-c3c[nH]c4ccccc34)c2c1. The third-order valence-corrected chi connectivity index (χ3v) is 4.94. The van der Waals surface area contributed by atoms with Crippen molar-refractivity contribution in [3.63, 3.8) is 0 Å². The van der Waals surface area contributed by atoms with Crippen molar-refractivity contribution in [2.75, 3.05) is 0 Å². The number of hydrogen-bond acceptors (Lipinski definition) is 1. The molecular weight excluding hydrogens is 340 g/mol. The lowest BCUT2D eigenvalue weighted by atomic mass is 10.0. The van der Waals surface area contributed by atoms with Crippen LogP contribution in [0.15, 0.2) is 85.1 Å². The largest absolute Gasteiger partial charge is 0.360 e. The lowest BCUT2D eigenvalue weighted by Gasteiger charge is -2.10. The minimum atomic E-state index is 0.716. The van der Waals surface area contributed by atoms with Crippen molar-refractivity contribution in [1.82, 2.24) is 9.97 Å². The molecule has 2 heterocycles. The van der Waals surface area contributed by atoms with E-state index in [4.69, 9.17) is 16.6 Å². The van der Waals surface area contributed by atoms with Gasteiger partial charge in [0, 0.05) is 38.6 Å². The summed E-state index contributed by atoms with van der Waals surface area (Å²) in [7, 11) is 0. The number of aromatic amines is 1. The number of benzene rings is 3. The molecule has 0 fully saturated rings. The van der Waals surface area contributed by atoms with Crippen LogP contribution in [0.2, 0.25) is 5.02 Å². The van der Waals surface area contributed by atoms with Crippen molar-refractivity contribution in [1.29, 1.82) is 0 Å². The molecule has 3 heteroatoms. The van der Waals surface area contributed by atoms with Crippen molar-refractivity contribution in [3.8, 4) is 22.5 Å². The Kier molecular flexibility index (Phi) is 3.51. The number of nitrogens with zero attached hydrogens (tertiary/aromatic N) is 1. The molecular formula is C23H15ClN2. The first kappa shape index (κ1) is 15.2. The van der Waals surface area contributed by atoms with Gasteiger partial charge < -0.3 is 4.98 Å². The van der Waals surface area contributed by atoms with Crippen LogP contribution in [0.3, 0.4) is 0 Å². The molecule has 0 bridgehead atoms. The molecule has 0 saturated carbocycles. The Hall–Kier alpha value is -3.10. The van der Waals surface area contributed by atoms with Gasteiger partial charge in [0.05, 0.1) is 11.4 Å². The molecule has 0 saturated heterocycles. The minimum absolute atomic E-state index is 0.716.